The highest BCUT2D eigenvalue weighted by Crippen LogP contribution is 2.30. The van der Waals surface area contributed by atoms with E-state index in [0.29, 0.717) is 0 Å². The zero-order chi connectivity index (χ0) is 11.6. The highest BCUT2D eigenvalue weighted by atomic mass is 127. The van der Waals surface area contributed by atoms with E-state index in [9.17, 15) is 13.2 Å². The molecular weight excluding hydrogens is 392 g/mol. The van der Waals surface area contributed by atoms with Crippen molar-refractivity contribution in [1.29, 1.82) is 5.26 Å². The Bertz CT molecular complexity index is 429. The second kappa shape index (κ2) is 4.52. The van der Waals surface area contributed by atoms with Gasteiger partial charge in [-0.2, -0.15) is 5.26 Å². The molecule has 0 aliphatic carbocycles. The second-order valence-electron chi connectivity index (χ2n) is 2.27. The van der Waals surface area contributed by atoms with Gasteiger partial charge in [0.15, 0.2) is 5.75 Å². The van der Waals surface area contributed by atoms with Gasteiger partial charge >= 0.3 is 6.36 Å². The van der Waals surface area contributed by atoms with E-state index in [1.54, 1.807) is 28.7 Å². The Hall–Kier alpha value is -0.560. The molecule has 1 rings (SSSR count). The van der Waals surface area contributed by atoms with Crippen molar-refractivity contribution in [1.82, 2.24) is 4.98 Å². The van der Waals surface area contributed by atoms with Crippen molar-refractivity contribution in [3.05, 3.63) is 19.9 Å². The SMILES string of the molecule is N#Cc1c(OC(F)(F)F)cc(Br)nc1I. The Balaban J connectivity index is 3.23. The van der Waals surface area contributed by atoms with Crippen molar-refractivity contribution >= 4 is 38.5 Å². The van der Waals surface area contributed by atoms with E-state index in [0.717, 1.165) is 6.07 Å². The maximum Gasteiger partial charge on any atom is 0.573 e. The number of aromatic nitrogens is 1. The van der Waals surface area contributed by atoms with Crippen LogP contribution in [0.1, 0.15) is 5.56 Å². The summed E-state index contributed by atoms with van der Waals surface area (Å²) < 4.78 is 39.9. The molecule has 0 fully saturated rings. The average molecular weight is 393 g/mol. The summed E-state index contributed by atoms with van der Waals surface area (Å²) in [5.41, 5.74) is -0.240. The zero-order valence-electron chi connectivity index (χ0n) is 6.77. The van der Waals surface area contributed by atoms with Crippen LogP contribution in [0.25, 0.3) is 0 Å². The van der Waals surface area contributed by atoms with Crippen LogP contribution in [0.15, 0.2) is 10.7 Å². The summed E-state index contributed by atoms with van der Waals surface area (Å²) in [5, 5.41) is 8.63. The lowest BCUT2D eigenvalue weighted by molar-refractivity contribution is -0.274. The van der Waals surface area contributed by atoms with Gasteiger partial charge in [-0.15, -0.1) is 13.2 Å². The van der Waals surface area contributed by atoms with Crippen LogP contribution >= 0.6 is 38.5 Å². The Labute approximate surface area is 105 Å². The Kier molecular flexibility index (Phi) is 3.77. The molecule has 80 valence electrons. The number of ether oxygens (including phenoxy) is 1. The van der Waals surface area contributed by atoms with Crippen molar-refractivity contribution < 1.29 is 17.9 Å². The summed E-state index contributed by atoms with van der Waals surface area (Å²) in [6.45, 7) is 0. The molecule has 3 nitrogen and oxygen atoms in total. The highest BCUT2D eigenvalue weighted by molar-refractivity contribution is 14.1. The molecule has 0 aromatic carbocycles. The summed E-state index contributed by atoms with van der Waals surface area (Å²) >= 11 is 4.56. The van der Waals surface area contributed by atoms with E-state index in [2.05, 4.69) is 25.7 Å². The lowest BCUT2D eigenvalue weighted by Crippen LogP contribution is -2.18. The molecule has 0 bridgehead atoms. The van der Waals surface area contributed by atoms with Crippen molar-refractivity contribution in [2.45, 2.75) is 6.36 Å². The first-order chi connectivity index (χ1) is 6.83. The van der Waals surface area contributed by atoms with Crippen LogP contribution in [0.2, 0.25) is 0 Å². The molecule has 0 atom stereocenters. The molecule has 1 heterocycles. The Morgan fingerprint density at radius 1 is 1.53 bits per heavy atom. The fraction of sp³-hybridized carbons (Fsp3) is 0.143. The summed E-state index contributed by atoms with van der Waals surface area (Å²) in [6, 6.07) is 2.59. The third-order valence-corrected chi connectivity index (χ3v) is 2.43. The topological polar surface area (TPSA) is 45.9 Å². The largest absolute Gasteiger partial charge is 0.573 e. The molecule has 0 saturated carbocycles. The first kappa shape index (κ1) is 12.5. The molecule has 0 radical (unpaired) electrons. The van der Waals surface area contributed by atoms with Crippen LogP contribution in [0.5, 0.6) is 5.75 Å². The third-order valence-electron chi connectivity index (χ3n) is 1.25. The normalized spacial score (nSPS) is 10.9. The van der Waals surface area contributed by atoms with E-state index in [1.807, 2.05) is 0 Å². The fourth-order valence-electron chi connectivity index (χ4n) is 0.770. The second-order valence-corrected chi connectivity index (χ2v) is 4.10. The van der Waals surface area contributed by atoms with Crippen LogP contribution in [0, 0.1) is 15.0 Å². The predicted molar refractivity (Wildman–Crippen MR) is 56.1 cm³/mol. The monoisotopic (exact) mass is 392 g/mol. The van der Waals surface area contributed by atoms with Gasteiger partial charge in [0.25, 0.3) is 0 Å². The molecule has 8 heteroatoms. The highest BCUT2D eigenvalue weighted by Gasteiger charge is 2.33. The van der Waals surface area contributed by atoms with E-state index < -0.39 is 12.1 Å². The molecule has 15 heavy (non-hydrogen) atoms. The minimum absolute atomic E-state index is 0.142. The van der Waals surface area contributed by atoms with Crippen LogP contribution < -0.4 is 4.74 Å². The first-order valence-corrected chi connectivity index (χ1v) is 5.22. The average Bonchev–Trinajstić information content (AvgIpc) is 1.99. The number of halogens is 5. The third kappa shape index (κ3) is 3.49. The van der Waals surface area contributed by atoms with Gasteiger partial charge in [0.2, 0.25) is 0 Å². The number of hydrogen-bond donors (Lipinski definition) is 0. The van der Waals surface area contributed by atoms with Crippen molar-refractivity contribution in [3.8, 4) is 11.8 Å². The van der Waals surface area contributed by atoms with Gasteiger partial charge in [0.05, 0.1) is 0 Å². The quantitative estimate of drug-likeness (QED) is 0.544. The van der Waals surface area contributed by atoms with Crippen LogP contribution in [-0.2, 0) is 0 Å². The Morgan fingerprint density at radius 3 is 2.60 bits per heavy atom. The number of hydrogen-bond acceptors (Lipinski definition) is 3. The molecule has 0 aliphatic rings. The minimum Gasteiger partial charge on any atom is -0.404 e. The summed E-state index contributed by atoms with van der Waals surface area (Å²) in [5.74, 6) is -0.559. The van der Waals surface area contributed by atoms with Gasteiger partial charge in [-0.05, 0) is 38.5 Å². The van der Waals surface area contributed by atoms with E-state index in [4.69, 9.17) is 5.26 Å². The number of nitriles is 1. The maximum atomic E-state index is 12.0. The van der Waals surface area contributed by atoms with Crippen molar-refractivity contribution in [2.75, 3.05) is 0 Å². The lowest BCUT2D eigenvalue weighted by atomic mass is 10.3. The van der Waals surface area contributed by atoms with Crippen molar-refractivity contribution in [2.24, 2.45) is 0 Å². The molecule has 0 saturated heterocycles. The zero-order valence-corrected chi connectivity index (χ0v) is 10.5. The molecule has 1 aromatic rings. The molecule has 0 spiro atoms. The molecular formula is C7HBrF3IN2O. The van der Waals surface area contributed by atoms with E-state index >= 15 is 0 Å². The fourth-order valence-corrected chi connectivity index (χ4v) is 2.13. The summed E-state index contributed by atoms with van der Waals surface area (Å²) in [6.07, 6.45) is -4.82. The van der Waals surface area contributed by atoms with E-state index in [-0.39, 0.29) is 13.9 Å². The van der Waals surface area contributed by atoms with Gasteiger partial charge in [-0.1, -0.05) is 0 Å². The van der Waals surface area contributed by atoms with E-state index in [1.165, 1.54) is 0 Å². The van der Waals surface area contributed by atoms with Crippen molar-refractivity contribution in [3.63, 3.8) is 0 Å². The maximum absolute atomic E-state index is 12.0. The van der Waals surface area contributed by atoms with Gasteiger partial charge in [0.1, 0.15) is 19.9 Å². The number of alkyl halides is 3. The molecule has 0 N–H and O–H groups in total. The Morgan fingerprint density at radius 2 is 2.13 bits per heavy atom. The van der Waals surface area contributed by atoms with Crippen LogP contribution in [-0.4, -0.2) is 11.3 Å². The van der Waals surface area contributed by atoms with Gasteiger partial charge in [-0.3, -0.25) is 0 Å². The smallest absolute Gasteiger partial charge is 0.404 e. The van der Waals surface area contributed by atoms with Gasteiger partial charge < -0.3 is 4.74 Å². The lowest BCUT2D eigenvalue weighted by Gasteiger charge is -2.10. The summed E-state index contributed by atoms with van der Waals surface area (Å²) in [4.78, 5) is 3.77. The minimum atomic E-state index is -4.82. The van der Waals surface area contributed by atoms with Crippen LogP contribution in [0.4, 0.5) is 13.2 Å². The van der Waals surface area contributed by atoms with Crippen LogP contribution in [0.3, 0.4) is 0 Å². The number of pyridine rings is 1. The molecule has 0 aliphatic heterocycles. The van der Waals surface area contributed by atoms with Gasteiger partial charge in [-0.25, -0.2) is 4.98 Å². The molecule has 0 unspecified atom stereocenters. The summed E-state index contributed by atoms with van der Waals surface area (Å²) in [7, 11) is 0. The predicted octanol–water partition coefficient (Wildman–Crippen LogP) is 3.22. The number of rotatable bonds is 1. The number of nitrogens with zero attached hydrogens (tertiary/aromatic N) is 2. The van der Waals surface area contributed by atoms with Gasteiger partial charge in [0, 0.05) is 6.07 Å². The molecule has 0 amide bonds. The standard InChI is InChI=1S/C7HBrF3IN2O/c8-5-1-4(15-7(9,10)11)3(2-13)6(12)14-5/h1H. The first-order valence-electron chi connectivity index (χ1n) is 3.35. The molecule has 1 aromatic heterocycles.